The fourth-order valence-corrected chi connectivity index (χ4v) is 3.23. The molecule has 2 heterocycles. The molecule has 2 aromatic carbocycles. The van der Waals surface area contributed by atoms with E-state index in [9.17, 15) is 0 Å². The molecule has 2 aromatic heterocycles. The highest BCUT2D eigenvalue weighted by Crippen LogP contribution is 2.29. The lowest BCUT2D eigenvalue weighted by Crippen LogP contribution is -2.04. The van der Waals surface area contributed by atoms with Crippen molar-refractivity contribution in [1.82, 2.24) is 35.4 Å². The Balaban J connectivity index is 1.58. The third kappa shape index (κ3) is 4.85. The minimum atomic E-state index is 0.420. The van der Waals surface area contributed by atoms with Crippen LogP contribution in [0.1, 0.15) is 38.1 Å². The Morgan fingerprint density at radius 2 is 1.84 bits per heavy atom. The van der Waals surface area contributed by atoms with E-state index in [1.165, 1.54) is 0 Å². The van der Waals surface area contributed by atoms with Gasteiger partial charge >= 0.3 is 6.01 Å². The van der Waals surface area contributed by atoms with Crippen LogP contribution in [0.5, 0.6) is 6.01 Å². The molecule has 8 heteroatoms. The lowest BCUT2D eigenvalue weighted by atomic mass is 9.98. The minimum absolute atomic E-state index is 0.420. The molecule has 0 bridgehead atoms. The maximum absolute atomic E-state index is 5.62. The Hall–Kier alpha value is -3.81. The van der Waals surface area contributed by atoms with E-state index in [1.807, 2.05) is 29.0 Å². The third-order valence-corrected chi connectivity index (χ3v) is 4.74. The average molecular weight is 416 g/mol. The highest BCUT2D eigenvalue weighted by Gasteiger charge is 2.12. The van der Waals surface area contributed by atoms with Gasteiger partial charge in [-0.2, -0.15) is 4.98 Å². The first-order valence-corrected chi connectivity index (χ1v) is 10.4. The van der Waals surface area contributed by atoms with Gasteiger partial charge in [0.05, 0.1) is 13.2 Å². The van der Waals surface area contributed by atoms with Crippen LogP contribution in [-0.4, -0.2) is 42.0 Å². The van der Waals surface area contributed by atoms with E-state index in [4.69, 9.17) is 4.74 Å². The number of aromatic nitrogens is 7. The molecule has 0 aliphatic carbocycles. The van der Waals surface area contributed by atoms with E-state index in [-0.39, 0.29) is 0 Å². The second-order valence-electron chi connectivity index (χ2n) is 7.06. The predicted molar refractivity (Wildman–Crippen MR) is 119 cm³/mol. The number of ether oxygens (including phenoxy) is 1. The lowest BCUT2D eigenvalue weighted by Gasteiger charge is -2.09. The molecule has 4 aromatic rings. The van der Waals surface area contributed by atoms with Gasteiger partial charge in [-0.3, -0.25) is 0 Å². The van der Waals surface area contributed by atoms with Gasteiger partial charge in [-0.05, 0) is 46.0 Å². The monoisotopic (exact) mass is 415 g/mol. The molecule has 1 N–H and O–H groups in total. The first-order valence-electron chi connectivity index (χ1n) is 10.4. The molecular formula is C23H25N7O. The first-order chi connectivity index (χ1) is 15.3. The van der Waals surface area contributed by atoms with Crippen molar-refractivity contribution >= 4 is 6.08 Å². The van der Waals surface area contributed by atoms with Crippen LogP contribution in [0.25, 0.3) is 28.6 Å². The summed E-state index contributed by atoms with van der Waals surface area (Å²) in [6, 6.07) is 16.9. The fraction of sp³-hybridized carbons (Fsp3) is 0.261. The number of benzene rings is 2. The number of allylic oxidation sites excluding steroid dienone is 1. The average Bonchev–Trinajstić information content (AvgIpc) is 3.47. The van der Waals surface area contributed by atoms with Gasteiger partial charge in [0.1, 0.15) is 0 Å². The smallest absolute Gasteiger partial charge is 0.336 e. The Labute approximate surface area is 181 Å². The molecule has 0 spiro atoms. The molecule has 158 valence electrons. The van der Waals surface area contributed by atoms with Crippen LogP contribution in [0.2, 0.25) is 0 Å². The lowest BCUT2D eigenvalue weighted by molar-refractivity contribution is 0.291. The van der Waals surface area contributed by atoms with E-state index < -0.39 is 0 Å². The van der Waals surface area contributed by atoms with Crippen LogP contribution in [0.3, 0.4) is 0 Å². The summed E-state index contributed by atoms with van der Waals surface area (Å²) in [7, 11) is 0. The van der Waals surface area contributed by atoms with Crippen molar-refractivity contribution in [2.45, 2.75) is 33.2 Å². The van der Waals surface area contributed by atoms with Crippen LogP contribution in [0, 0.1) is 0 Å². The zero-order chi connectivity index (χ0) is 21.5. The molecule has 0 radical (unpaired) electrons. The number of nitrogens with one attached hydrogen (secondary N) is 1. The van der Waals surface area contributed by atoms with Gasteiger partial charge in [-0.1, -0.05) is 68.5 Å². The summed E-state index contributed by atoms with van der Waals surface area (Å²) in [5.41, 5.74) is 4.24. The fourth-order valence-electron chi connectivity index (χ4n) is 3.23. The molecule has 0 atom stereocenters. The number of tetrazole rings is 1. The Kier molecular flexibility index (Phi) is 6.47. The molecule has 0 aliphatic rings. The summed E-state index contributed by atoms with van der Waals surface area (Å²) in [5.74, 6) is 1.44. The van der Waals surface area contributed by atoms with Gasteiger partial charge in [0.15, 0.2) is 11.6 Å². The van der Waals surface area contributed by atoms with Gasteiger partial charge < -0.3 is 4.74 Å². The van der Waals surface area contributed by atoms with Gasteiger partial charge in [-0.15, -0.1) is 10.2 Å². The highest BCUT2D eigenvalue weighted by atomic mass is 16.5. The van der Waals surface area contributed by atoms with E-state index in [0.29, 0.717) is 25.0 Å². The van der Waals surface area contributed by atoms with Crippen molar-refractivity contribution in [2.24, 2.45) is 0 Å². The first kappa shape index (κ1) is 20.5. The minimum Gasteiger partial charge on any atom is -0.462 e. The van der Waals surface area contributed by atoms with E-state index in [2.05, 4.69) is 81.0 Å². The van der Waals surface area contributed by atoms with Crippen molar-refractivity contribution in [3.8, 4) is 28.5 Å². The van der Waals surface area contributed by atoms with E-state index in [0.717, 1.165) is 40.9 Å². The summed E-state index contributed by atoms with van der Waals surface area (Å²) in [6.45, 7) is 5.38. The number of hydrogen-bond acceptors (Lipinski definition) is 6. The van der Waals surface area contributed by atoms with Crippen LogP contribution in [-0.2, 0) is 6.54 Å². The Morgan fingerprint density at radius 1 is 1.03 bits per heavy atom. The van der Waals surface area contributed by atoms with Gasteiger partial charge in [0.25, 0.3) is 0 Å². The Morgan fingerprint density at radius 3 is 2.55 bits per heavy atom. The molecule has 8 nitrogen and oxygen atoms in total. The summed E-state index contributed by atoms with van der Waals surface area (Å²) >= 11 is 0. The van der Waals surface area contributed by atoms with Crippen molar-refractivity contribution < 1.29 is 4.74 Å². The van der Waals surface area contributed by atoms with Gasteiger partial charge in [0.2, 0.25) is 0 Å². The summed E-state index contributed by atoms with van der Waals surface area (Å²) in [4.78, 5) is 4.51. The van der Waals surface area contributed by atoms with Gasteiger partial charge in [-0.25, -0.2) is 9.78 Å². The van der Waals surface area contributed by atoms with Crippen molar-refractivity contribution in [3.63, 3.8) is 0 Å². The van der Waals surface area contributed by atoms with Crippen LogP contribution in [0.15, 0.2) is 54.6 Å². The molecule has 31 heavy (non-hydrogen) atoms. The largest absolute Gasteiger partial charge is 0.462 e. The van der Waals surface area contributed by atoms with Crippen molar-refractivity contribution in [3.05, 3.63) is 66.0 Å². The molecule has 0 amide bonds. The molecule has 0 saturated heterocycles. The SMILES string of the molecule is CCC=Cc1nc(OCCC)nn1Cc1ccc(-c2ccccc2-c2nnn[nH]2)cc1. The molecule has 0 fully saturated rings. The highest BCUT2D eigenvalue weighted by molar-refractivity contribution is 5.80. The molecular weight excluding hydrogens is 390 g/mol. The van der Waals surface area contributed by atoms with E-state index in [1.54, 1.807) is 0 Å². The quantitative estimate of drug-likeness (QED) is 0.436. The molecule has 0 unspecified atom stereocenters. The normalized spacial score (nSPS) is 11.3. The van der Waals surface area contributed by atoms with Crippen molar-refractivity contribution in [1.29, 1.82) is 0 Å². The maximum Gasteiger partial charge on any atom is 0.336 e. The second-order valence-corrected chi connectivity index (χ2v) is 7.06. The zero-order valence-electron chi connectivity index (χ0n) is 17.7. The summed E-state index contributed by atoms with van der Waals surface area (Å²) < 4.78 is 7.50. The standard InChI is InChI=1S/C23H25N7O/c1-3-5-10-21-24-23(31-15-4-2)27-30(21)16-17-11-13-18(14-12-17)19-8-6-7-9-20(19)22-25-28-29-26-22/h5-14H,3-4,15-16H2,1-2H3,(H,25,26,28,29). The zero-order valence-corrected chi connectivity index (χ0v) is 17.7. The predicted octanol–water partition coefficient (Wildman–Crippen LogP) is 4.39. The Bertz CT molecular complexity index is 1130. The van der Waals surface area contributed by atoms with Gasteiger partial charge in [0, 0.05) is 5.56 Å². The van der Waals surface area contributed by atoms with Crippen LogP contribution >= 0.6 is 0 Å². The summed E-state index contributed by atoms with van der Waals surface area (Å²) in [5, 5.41) is 18.8. The maximum atomic E-state index is 5.62. The van der Waals surface area contributed by atoms with Crippen LogP contribution in [0.4, 0.5) is 0 Å². The second kappa shape index (κ2) is 9.80. The summed E-state index contributed by atoms with van der Waals surface area (Å²) in [6.07, 6.45) is 5.92. The molecule has 0 saturated carbocycles. The number of rotatable bonds is 9. The third-order valence-electron chi connectivity index (χ3n) is 4.74. The number of hydrogen-bond donors (Lipinski definition) is 1. The molecule has 0 aliphatic heterocycles. The number of H-pyrrole nitrogens is 1. The molecule has 4 rings (SSSR count). The van der Waals surface area contributed by atoms with Crippen molar-refractivity contribution in [2.75, 3.05) is 6.61 Å². The number of aromatic amines is 1. The number of nitrogens with zero attached hydrogens (tertiary/aromatic N) is 6. The topological polar surface area (TPSA) is 94.4 Å². The van der Waals surface area contributed by atoms with E-state index >= 15 is 0 Å². The van der Waals surface area contributed by atoms with Crippen LogP contribution < -0.4 is 4.74 Å².